The maximum Gasteiger partial charge on any atom is 0.229 e. The van der Waals surface area contributed by atoms with E-state index in [1.165, 1.54) is 5.56 Å². The molecule has 0 spiro atoms. The number of hydrogen-bond donors (Lipinski definition) is 1. The summed E-state index contributed by atoms with van der Waals surface area (Å²) < 4.78 is 5.28. The molecule has 4 heteroatoms. The average molecular weight is 276 g/mol. The molecule has 0 aromatic heterocycles. The van der Waals surface area contributed by atoms with Gasteiger partial charge in [0.2, 0.25) is 5.91 Å². The van der Waals surface area contributed by atoms with E-state index in [1.54, 1.807) is 0 Å². The van der Waals surface area contributed by atoms with Crippen molar-refractivity contribution in [1.29, 1.82) is 0 Å². The first-order valence-corrected chi connectivity index (χ1v) is 7.48. The molecule has 1 aliphatic rings. The van der Waals surface area contributed by atoms with Gasteiger partial charge in [-0.2, -0.15) is 0 Å². The Balaban J connectivity index is 2.12. The van der Waals surface area contributed by atoms with Gasteiger partial charge in [-0.1, -0.05) is 25.1 Å². The van der Waals surface area contributed by atoms with Gasteiger partial charge < -0.3 is 15.0 Å². The standard InChI is InChI=1S/C16H24N2O2/c1-3-17-14-9-11-18(16(19)10-12-20-4-2)15-8-6-5-7-13(14)15/h5-8,14,17H,3-4,9-12H2,1-2H3. The fourth-order valence-corrected chi connectivity index (χ4v) is 2.72. The molecule has 1 unspecified atom stereocenters. The lowest BCUT2D eigenvalue weighted by Crippen LogP contribution is -2.40. The van der Waals surface area contributed by atoms with E-state index in [1.807, 2.05) is 30.0 Å². The fourth-order valence-electron chi connectivity index (χ4n) is 2.72. The Morgan fingerprint density at radius 2 is 2.20 bits per heavy atom. The van der Waals surface area contributed by atoms with Crippen molar-refractivity contribution in [2.45, 2.75) is 32.7 Å². The largest absolute Gasteiger partial charge is 0.381 e. The van der Waals surface area contributed by atoms with Gasteiger partial charge in [0, 0.05) is 24.9 Å². The molecule has 1 amide bonds. The molecule has 20 heavy (non-hydrogen) atoms. The Hall–Kier alpha value is -1.39. The van der Waals surface area contributed by atoms with E-state index in [4.69, 9.17) is 4.74 Å². The summed E-state index contributed by atoms with van der Waals surface area (Å²) in [5, 5.41) is 3.49. The van der Waals surface area contributed by atoms with Gasteiger partial charge in [-0.15, -0.1) is 0 Å². The molecule has 0 fully saturated rings. The number of nitrogens with zero attached hydrogens (tertiary/aromatic N) is 1. The van der Waals surface area contributed by atoms with Gasteiger partial charge in [-0.3, -0.25) is 4.79 Å². The molecular formula is C16H24N2O2. The SMILES string of the molecule is CCNC1CCN(C(=O)CCOCC)c2ccccc21. The number of nitrogens with one attached hydrogen (secondary N) is 1. The fraction of sp³-hybridized carbons (Fsp3) is 0.562. The second-order valence-corrected chi connectivity index (χ2v) is 4.95. The lowest BCUT2D eigenvalue weighted by Gasteiger charge is -2.34. The zero-order valence-corrected chi connectivity index (χ0v) is 12.4. The summed E-state index contributed by atoms with van der Waals surface area (Å²) in [5.74, 6) is 0.154. The zero-order valence-electron chi connectivity index (χ0n) is 12.4. The third kappa shape index (κ3) is 3.38. The molecular weight excluding hydrogens is 252 g/mol. The second kappa shape index (κ2) is 7.41. The van der Waals surface area contributed by atoms with Crippen LogP contribution in [0.2, 0.25) is 0 Å². The van der Waals surface area contributed by atoms with Gasteiger partial charge in [-0.25, -0.2) is 0 Å². The van der Waals surface area contributed by atoms with Gasteiger partial charge in [0.15, 0.2) is 0 Å². The Labute approximate surface area is 121 Å². The van der Waals surface area contributed by atoms with Crippen molar-refractivity contribution in [3.63, 3.8) is 0 Å². The first kappa shape index (κ1) is 15.0. The van der Waals surface area contributed by atoms with E-state index in [0.29, 0.717) is 25.7 Å². The molecule has 0 radical (unpaired) electrons. The average Bonchev–Trinajstić information content (AvgIpc) is 2.48. The Kier molecular flexibility index (Phi) is 5.56. The smallest absolute Gasteiger partial charge is 0.229 e. The minimum atomic E-state index is 0.154. The van der Waals surface area contributed by atoms with Crippen LogP contribution in [0.1, 0.15) is 38.3 Å². The van der Waals surface area contributed by atoms with Crippen LogP contribution < -0.4 is 10.2 Å². The number of rotatable bonds is 6. The number of para-hydroxylation sites is 1. The Bertz CT molecular complexity index is 448. The predicted octanol–water partition coefficient (Wildman–Crippen LogP) is 2.50. The minimum absolute atomic E-state index is 0.154. The Morgan fingerprint density at radius 1 is 1.40 bits per heavy atom. The van der Waals surface area contributed by atoms with E-state index in [9.17, 15) is 4.79 Å². The maximum absolute atomic E-state index is 12.3. The molecule has 1 heterocycles. The van der Waals surface area contributed by atoms with Gasteiger partial charge in [0.05, 0.1) is 13.0 Å². The topological polar surface area (TPSA) is 41.6 Å². The van der Waals surface area contributed by atoms with Crippen molar-refractivity contribution >= 4 is 11.6 Å². The highest BCUT2D eigenvalue weighted by atomic mass is 16.5. The van der Waals surface area contributed by atoms with E-state index in [2.05, 4.69) is 18.3 Å². The maximum atomic E-state index is 12.3. The highest BCUT2D eigenvalue weighted by Gasteiger charge is 2.27. The number of fused-ring (bicyclic) bond motifs is 1. The van der Waals surface area contributed by atoms with Crippen LogP contribution in [-0.4, -0.2) is 32.2 Å². The van der Waals surface area contributed by atoms with Gasteiger partial charge in [-0.05, 0) is 31.5 Å². The molecule has 0 saturated heterocycles. The van der Waals surface area contributed by atoms with E-state index < -0.39 is 0 Å². The number of benzene rings is 1. The van der Waals surface area contributed by atoms with Crippen molar-refractivity contribution in [1.82, 2.24) is 5.32 Å². The lowest BCUT2D eigenvalue weighted by atomic mass is 9.96. The number of carbonyl (C=O) groups excluding carboxylic acids is 1. The summed E-state index contributed by atoms with van der Waals surface area (Å²) in [4.78, 5) is 14.2. The lowest BCUT2D eigenvalue weighted by molar-refractivity contribution is -0.119. The van der Waals surface area contributed by atoms with Gasteiger partial charge >= 0.3 is 0 Å². The quantitative estimate of drug-likeness (QED) is 0.812. The summed E-state index contributed by atoms with van der Waals surface area (Å²) >= 11 is 0. The van der Waals surface area contributed by atoms with E-state index >= 15 is 0 Å². The molecule has 0 bridgehead atoms. The van der Waals surface area contributed by atoms with Crippen LogP contribution in [0.4, 0.5) is 5.69 Å². The van der Waals surface area contributed by atoms with Crippen LogP contribution in [0.15, 0.2) is 24.3 Å². The highest BCUT2D eigenvalue weighted by molar-refractivity contribution is 5.94. The molecule has 1 atom stereocenters. The van der Waals surface area contributed by atoms with Crippen molar-refractivity contribution < 1.29 is 9.53 Å². The first-order chi connectivity index (χ1) is 9.77. The molecule has 1 aliphatic heterocycles. The summed E-state index contributed by atoms with van der Waals surface area (Å²) in [6.45, 7) is 6.94. The van der Waals surface area contributed by atoms with Gasteiger partial charge in [0.25, 0.3) is 0 Å². The monoisotopic (exact) mass is 276 g/mol. The van der Waals surface area contributed by atoms with Crippen LogP contribution in [0.5, 0.6) is 0 Å². The summed E-state index contributed by atoms with van der Waals surface area (Å²) in [6, 6.07) is 8.54. The predicted molar refractivity (Wildman–Crippen MR) is 80.9 cm³/mol. The van der Waals surface area contributed by atoms with Crippen molar-refractivity contribution in [3.05, 3.63) is 29.8 Å². The van der Waals surface area contributed by atoms with Crippen molar-refractivity contribution in [3.8, 4) is 0 Å². The van der Waals surface area contributed by atoms with Crippen LogP contribution >= 0.6 is 0 Å². The normalized spacial score (nSPS) is 17.9. The molecule has 4 nitrogen and oxygen atoms in total. The van der Waals surface area contributed by atoms with Crippen LogP contribution in [-0.2, 0) is 9.53 Å². The number of hydrogen-bond acceptors (Lipinski definition) is 3. The number of carbonyl (C=O) groups is 1. The molecule has 110 valence electrons. The van der Waals surface area contributed by atoms with E-state index in [-0.39, 0.29) is 5.91 Å². The van der Waals surface area contributed by atoms with Crippen molar-refractivity contribution in [2.75, 3.05) is 31.2 Å². The molecule has 1 aromatic rings. The highest BCUT2D eigenvalue weighted by Crippen LogP contribution is 2.33. The zero-order chi connectivity index (χ0) is 14.4. The second-order valence-electron chi connectivity index (χ2n) is 4.95. The third-order valence-corrected chi connectivity index (χ3v) is 3.66. The van der Waals surface area contributed by atoms with Crippen LogP contribution in [0, 0.1) is 0 Å². The first-order valence-electron chi connectivity index (χ1n) is 7.48. The summed E-state index contributed by atoms with van der Waals surface area (Å²) in [5.41, 5.74) is 2.27. The van der Waals surface area contributed by atoms with Crippen LogP contribution in [0.25, 0.3) is 0 Å². The number of ether oxygens (including phenoxy) is 1. The van der Waals surface area contributed by atoms with E-state index in [0.717, 1.165) is 25.2 Å². The molecule has 0 saturated carbocycles. The van der Waals surface area contributed by atoms with Crippen molar-refractivity contribution in [2.24, 2.45) is 0 Å². The molecule has 1 N–H and O–H groups in total. The Morgan fingerprint density at radius 3 is 2.95 bits per heavy atom. The number of anilines is 1. The summed E-state index contributed by atoms with van der Waals surface area (Å²) in [7, 11) is 0. The van der Waals surface area contributed by atoms with Gasteiger partial charge in [0.1, 0.15) is 0 Å². The molecule has 2 rings (SSSR count). The summed E-state index contributed by atoms with van der Waals surface area (Å²) in [6.07, 6.45) is 1.42. The third-order valence-electron chi connectivity index (χ3n) is 3.66. The molecule has 0 aliphatic carbocycles. The minimum Gasteiger partial charge on any atom is -0.381 e. The number of amides is 1. The van der Waals surface area contributed by atoms with Crippen LogP contribution in [0.3, 0.4) is 0 Å². The molecule has 1 aromatic carbocycles.